The Balaban J connectivity index is 1.18. The fourth-order valence-corrected chi connectivity index (χ4v) is 11.9. The van der Waals surface area contributed by atoms with Crippen molar-refractivity contribution in [1.29, 1.82) is 0 Å². The lowest BCUT2D eigenvalue weighted by Crippen LogP contribution is -2.65. The number of carbonyl (C=O) groups is 8. The standard InChI is InChI=1S/C64H72Cl2N8O25/c1-23(2)4-11-42(80)71-48-50(82)25-6-9-36(31(65)14-25)94-38-16-27(46(57(68)87)73-58(88)33(20-41(67)79)70-59(48)89)17-39(54(38)99-63-55(53(85)52(84)40(22-75)96-63)97-44-21-64(3,69)56(86)62(93)98-44)95-37-10-7-26(15-32(37)66)51(83)49-60(90)74-47(61(91)92)30-18-28(76)19-35(78)45(30)29-12-24(5-8-34(29)77)13-43(81)72-49/h5-10,12,14-19,23,33,40,44,46-53,55-56,62-63,75-78,82-86,93H,4,11,13,20-22,69H2,1-3H3,(H2,67,79)(H2,68,87)(H,70,89)(H,71,80)(H,72,81)(H,73,88)(H,74,90)(H,91,92)/t33-,40?,44+,46+,47+,48+,49-,50+,51+,52-,53+,55-,56+,62+,63+,64-/m0/s1. The van der Waals surface area contributed by atoms with Gasteiger partial charge in [-0.3, -0.25) is 33.6 Å². The Morgan fingerprint density at radius 1 is 0.778 bits per heavy atom. The summed E-state index contributed by atoms with van der Waals surface area (Å²) in [4.78, 5) is 110. The number of halogens is 2. The van der Waals surface area contributed by atoms with Crippen LogP contribution in [0.5, 0.6) is 46.0 Å². The molecule has 22 N–H and O–H groups in total. The van der Waals surface area contributed by atoms with E-state index in [0.29, 0.717) is 6.42 Å². The first-order valence-electron chi connectivity index (χ1n) is 30.5. The molecule has 5 aromatic carbocycles. The van der Waals surface area contributed by atoms with E-state index in [1.165, 1.54) is 31.2 Å². The third kappa shape index (κ3) is 16.8. The molecular weight excluding hydrogens is 1350 g/mol. The molecule has 0 aliphatic carbocycles. The number of phenols is 3. The third-order valence-corrected chi connectivity index (χ3v) is 17.3. The number of hydrogen-bond donors (Lipinski definition) is 19. The lowest BCUT2D eigenvalue weighted by molar-refractivity contribution is -0.354. The number of aliphatic hydroxyl groups is 7. The lowest BCUT2D eigenvalue weighted by Gasteiger charge is -2.46. The van der Waals surface area contributed by atoms with Gasteiger partial charge in [-0.2, -0.15) is 0 Å². The number of nitrogens with one attached hydrogen (secondary N) is 5. The van der Waals surface area contributed by atoms with Gasteiger partial charge in [-0.15, -0.1) is 0 Å². The number of hydrogen-bond acceptors (Lipinski definition) is 25. The Hall–Kier alpha value is -9.20. The molecule has 99 heavy (non-hydrogen) atoms. The first-order valence-corrected chi connectivity index (χ1v) is 31.3. The third-order valence-electron chi connectivity index (χ3n) is 16.7. The summed E-state index contributed by atoms with van der Waals surface area (Å²) < 4.78 is 37.1. The number of carboxylic acids is 1. The quantitative estimate of drug-likeness (QED) is 0.0568. The number of aliphatic hydroxyl groups excluding tert-OH is 7. The van der Waals surface area contributed by atoms with E-state index in [2.05, 4.69) is 26.6 Å². The number of carbonyl (C=O) groups excluding carboxylic acids is 7. The number of amides is 7. The van der Waals surface area contributed by atoms with Crippen LogP contribution < -0.4 is 58.0 Å². The van der Waals surface area contributed by atoms with Crippen molar-refractivity contribution in [2.24, 2.45) is 23.1 Å². The molecular formula is C64H72Cl2N8O25. The van der Waals surface area contributed by atoms with E-state index in [4.69, 9.17) is 68.8 Å². The van der Waals surface area contributed by atoms with Gasteiger partial charge in [0.1, 0.15) is 89.5 Å². The molecule has 5 aliphatic rings. The lowest BCUT2D eigenvalue weighted by atomic mass is 9.89. The number of fused-ring (bicyclic) bond motifs is 13. The molecule has 5 heterocycles. The molecule has 6 bridgehead atoms. The van der Waals surface area contributed by atoms with Gasteiger partial charge < -0.3 is 128 Å². The van der Waals surface area contributed by atoms with Crippen LogP contribution in [0.15, 0.2) is 78.9 Å². The molecule has 16 atom stereocenters. The average Bonchev–Trinajstić information content (AvgIpc) is 0.778. The molecule has 33 nitrogen and oxygen atoms in total. The maximum Gasteiger partial charge on any atom is 0.330 e. The molecule has 532 valence electrons. The molecule has 35 heteroatoms. The van der Waals surface area contributed by atoms with Crippen LogP contribution in [0.1, 0.15) is 98.6 Å². The molecule has 7 amide bonds. The zero-order chi connectivity index (χ0) is 72.4. The Morgan fingerprint density at radius 3 is 2.14 bits per heavy atom. The highest BCUT2D eigenvalue weighted by atomic mass is 35.5. The molecule has 1 unspecified atom stereocenters. The molecule has 5 aliphatic heterocycles. The van der Waals surface area contributed by atoms with Gasteiger partial charge in [0.2, 0.25) is 53.4 Å². The molecule has 0 saturated carbocycles. The van der Waals surface area contributed by atoms with Gasteiger partial charge in [0.05, 0.1) is 29.5 Å². The van der Waals surface area contributed by atoms with Crippen LogP contribution in [0.4, 0.5) is 0 Å². The molecule has 0 spiro atoms. The van der Waals surface area contributed by atoms with Crippen LogP contribution in [-0.4, -0.2) is 183 Å². The summed E-state index contributed by atoms with van der Waals surface area (Å²) in [6.45, 7) is 4.01. The smallest absolute Gasteiger partial charge is 0.330 e. The van der Waals surface area contributed by atoms with Crippen molar-refractivity contribution >= 4 is 70.5 Å². The summed E-state index contributed by atoms with van der Waals surface area (Å²) in [7, 11) is 0. The summed E-state index contributed by atoms with van der Waals surface area (Å²) in [5, 5.41) is 133. The van der Waals surface area contributed by atoms with E-state index in [9.17, 15) is 94.5 Å². The van der Waals surface area contributed by atoms with Crippen LogP contribution in [-0.2, 0) is 59.0 Å². The summed E-state index contributed by atoms with van der Waals surface area (Å²) in [6.07, 6.45) is -20.9. The number of carboxylic acid groups (broad SMARTS) is 1. The monoisotopic (exact) mass is 1420 g/mol. The summed E-state index contributed by atoms with van der Waals surface area (Å²) in [5.74, 6) is -14.5. The van der Waals surface area contributed by atoms with E-state index in [0.717, 1.165) is 54.6 Å². The zero-order valence-electron chi connectivity index (χ0n) is 52.6. The number of phenolic OH excluding ortho intramolecular Hbond substituents is 3. The Bertz CT molecular complexity index is 3960. The number of ether oxygens (including phenoxy) is 6. The van der Waals surface area contributed by atoms with Gasteiger partial charge >= 0.3 is 5.97 Å². The van der Waals surface area contributed by atoms with Crippen molar-refractivity contribution in [3.63, 3.8) is 0 Å². The van der Waals surface area contributed by atoms with Crippen molar-refractivity contribution in [2.45, 2.75) is 150 Å². The number of nitrogens with two attached hydrogens (primary N) is 3. The van der Waals surface area contributed by atoms with E-state index in [-0.39, 0.29) is 50.9 Å². The Morgan fingerprint density at radius 2 is 1.49 bits per heavy atom. The highest BCUT2D eigenvalue weighted by molar-refractivity contribution is 6.32. The van der Waals surface area contributed by atoms with E-state index >= 15 is 0 Å². The van der Waals surface area contributed by atoms with Crippen LogP contribution in [0.2, 0.25) is 10.0 Å². The van der Waals surface area contributed by atoms with E-state index < -0.39 is 227 Å². The minimum absolute atomic E-state index is 0.0171. The normalized spacial score (nSPS) is 27.7. The van der Waals surface area contributed by atoms with Gasteiger partial charge in [0.25, 0.3) is 0 Å². The fraction of sp³-hybridized carbons (Fsp3) is 0.406. The minimum atomic E-state index is -2.16. The topological polar surface area (TPSA) is 553 Å². The van der Waals surface area contributed by atoms with Crippen LogP contribution in [0.25, 0.3) is 11.1 Å². The molecule has 0 radical (unpaired) electrons. The van der Waals surface area contributed by atoms with Crippen molar-refractivity contribution in [3.8, 4) is 57.1 Å². The SMILES string of the molecule is CC(C)CCC(=O)N[C@H]1C(=O)N[C@@H](CC(N)=O)C(=O)N[C@@H](C(N)=O)c2cc(Oc3ccc([C@@H](O)[C@@H]4NC(=O)Cc5ccc(O)c(c5)-c5c(O)cc(O)cc5[C@H](C(=O)O)NC4=O)cc3Cl)c(O[C@H]3OC(CO)[C@H](O)[C@@H](O)[C@@H]3O[C@H]3C[C@](C)(N)[C@H](O)[C@H](O)O3)c(c2)Oc2ccc(cc2Cl)[C@H]1O. The van der Waals surface area contributed by atoms with Gasteiger partial charge in [-0.1, -0.05) is 55.2 Å². The van der Waals surface area contributed by atoms with Crippen molar-refractivity contribution in [2.75, 3.05) is 6.61 Å². The number of aliphatic carboxylic acids is 1. The van der Waals surface area contributed by atoms with Gasteiger partial charge in [-0.25, -0.2) is 4.79 Å². The molecule has 2 fully saturated rings. The predicted molar refractivity (Wildman–Crippen MR) is 340 cm³/mol. The fourth-order valence-electron chi connectivity index (χ4n) is 11.4. The summed E-state index contributed by atoms with van der Waals surface area (Å²) >= 11 is 13.9. The predicted octanol–water partition coefficient (Wildman–Crippen LogP) is -0.305. The Labute approximate surface area is 571 Å². The second-order valence-electron chi connectivity index (χ2n) is 24.7. The molecule has 0 aromatic heterocycles. The van der Waals surface area contributed by atoms with Gasteiger partial charge in [0.15, 0.2) is 36.2 Å². The molecule has 2 saturated heterocycles. The molecule has 5 aromatic rings. The van der Waals surface area contributed by atoms with Crippen LogP contribution in [0, 0.1) is 5.92 Å². The summed E-state index contributed by atoms with van der Waals surface area (Å²) in [5.41, 5.74) is 14.6. The van der Waals surface area contributed by atoms with E-state index in [1.807, 2.05) is 13.8 Å². The number of rotatable bonds is 17. The highest BCUT2D eigenvalue weighted by Gasteiger charge is 2.51. The first kappa shape index (κ1) is 74.0. The van der Waals surface area contributed by atoms with Crippen molar-refractivity contribution in [3.05, 3.63) is 117 Å². The van der Waals surface area contributed by atoms with Crippen LogP contribution in [0.3, 0.4) is 0 Å². The largest absolute Gasteiger partial charge is 0.508 e. The van der Waals surface area contributed by atoms with Crippen molar-refractivity contribution < 1.29 is 123 Å². The average molecular weight is 1420 g/mol. The maximum absolute atomic E-state index is 14.5. The number of primary amides is 2. The molecule has 10 rings (SSSR count). The second-order valence-corrected chi connectivity index (χ2v) is 25.5. The number of benzene rings is 5. The zero-order valence-corrected chi connectivity index (χ0v) is 54.1. The van der Waals surface area contributed by atoms with Crippen LogP contribution >= 0.6 is 23.2 Å². The highest BCUT2D eigenvalue weighted by Crippen LogP contribution is 2.49. The minimum Gasteiger partial charge on any atom is -0.508 e. The Kier molecular flexibility index (Phi) is 22.8. The summed E-state index contributed by atoms with van der Waals surface area (Å²) in [6, 6.07) is 3.97. The van der Waals surface area contributed by atoms with E-state index in [1.54, 1.807) is 0 Å². The number of aromatic hydroxyl groups is 3. The maximum atomic E-state index is 14.5. The van der Waals surface area contributed by atoms with Gasteiger partial charge in [-0.05, 0) is 96.1 Å². The second kappa shape index (κ2) is 30.5. The first-order chi connectivity index (χ1) is 46.6. The van der Waals surface area contributed by atoms with Crippen molar-refractivity contribution in [1.82, 2.24) is 26.6 Å². The van der Waals surface area contributed by atoms with Gasteiger partial charge in [0, 0.05) is 41.1 Å².